The number of carbonyl (C=O) groups is 1. The lowest BCUT2D eigenvalue weighted by molar-refractivity contribution is -0.118. The van der Waals surface area contributed by atoms with Gasteiger partial charge >= 0.3 is 0 Å². The number of anilines is 2. The van der Waals surface area contributed by atoms with Gasteiger partial charge in [-0.25, -0.2) is 8.42 Å². The van der Waals surface area contributed by atoms with Crippen LogP contribution >= 0.6 is 15.9 Å². The highest BCUT2D eigenvalue weighted by molar-refractivity contribution is 9.10. The van der Waals surface area contributed by atoms with Crippen molar-refractivity contribution in [2.45, 2.75) is 31.1 Å². The number of nitrogens with one attached hydrogen (secondary N) is 1. The van der Waals surface area contributed by atoms with Crippen molar-refractivity contribution in [2.24, 2.45) is 0 Å². The van der Waals surface area contributed by atoms with Gasteiger partial charge in [-0.2, -0.15) is 0 Å². The fourth-order valence-electron chi connectivity index (χ4n) is 3.16. The number of nitrogens with zero attached hydrogens (tertiary/aromatic N) is 1. The molecule has 1 atom stereocenters. The van der Waals surface area contributed by atoms with Crippen molar-refractivity contribution < 1.29 is 17.9 Å². The van der Waals surface area contributed by atoms with E-state index in [1.54, 1.807) is 36.4 Å². The van der Waals surface area contributed by atoms with Gasteiger partial charge in [0.05, 0.1) is 15.1 Å². The molecule has 0 saturated heterocycles. The Morgan fingerprint density at radius 1 is 1.06 bits per heavy atom. The lowest BCUT2D eigenvalue weighted by atomic mass is 9.99. The van der Waals surface area contributed by atoms with Crippen LogP contribution in [0.4, 0.5) is 11.4 Å². The van der Waals surface area contributed by atoms with Crippen molar-refractivity contribution in [2.75, 3.05) is 23.3 Å². The quantitative estimate of drug-likeness (QED) is 0.379. The summed E-state index contributed by atoms with van der Waals surface area (Å²) in [7, 11) is -2.20. The van der Waals surface area contributed by atoms with Crippen LogP contribution in [0.15, 0.2) is 82.2 Å². The van der Waals surface area contributed by atoms with Gasteiger partial charge in [0.15, 0.2) is 6.61 Å². The van der Waals surface area contributed by atoms with Gasteiger partial charge in [-0.3, -0.25) is 9.10 Å². The highest BCUT2D eigenvalue weighted by atomic mass is 79.9. The summed E-state index contributed by atoms with van der Waals surface area (Å²) in [5.74, 6) is 0.686. The molecule has 8 heteroatoms. The number of amides is 1. The topological polar surface area (TPSA) is 75.7 Å². The molecule has 0 fully saturated rings. The van der Waals surface area contributed by atoms with Gasteiger partial charge in [0.2, 0.25) is 0 Å². The van der Waals surface area contributed by atoms with E-state index in [1.165, 1.54) is 29.0 Å². The molecule has 0 aliphatic rings. The molecule has 3 aromatic carbocycles. The lowest BCUT2D eigenvalue weighted by Crippen LogP contribution is -2.26. The summed E-state index contributed by atoms with van der Waals surface area (Å²) in [4.78, 5) is 12.4. The van der Waals surface area contributed by atoms with Gasteiger partial charge in [-0.1, -0.05) is 38.1 Å². The minimum Gasteiger partial charge on any atom is -0.483 e. The summed E-state index contributed by atoms with van der Waals surface area (Å²) < 4.78 is 33.4. The predicted molar refractivity (Wildman–Crippen MR) is 135 cm³/mol. The summed E-state index contributed by atoms with van der Waals surface area (Å²) >= 11 is 3.50. The maximum absolute atomic E-state index is 12.9. The molecule has 0 bridgehead atoms. The van der Waals surface area contributed by atoms with Crippen LogP contribution in [0.1, 0.15) is 31.7 Å². The number of para-hydroxylation sites is 1. The lowest BCUT2D eigenvalue weighted by Gasteiger charge is -2.19. The molecule has 3 aromatic rings. The molecule has 174 valence electrons. The maximum Gasteiger partial charge on any atom is 0.264 e. The van der Waals surface area contributed by atoms with Crippen LogP contribution in [0.5, 0.6) is 5.75 Å². The minimum atomic E-state index is -3.71. The van der Waals surface area contributed by atoms with Gasteiger partial charge in [0.1, 0.15) is 5.75 Å². The fraction of sp³-hybridized carbons (Fsp3) is 0.240. The Morgan fingerprint density at radius 2 is 1.73 bits per heavy atom. The molecule has 0 radical (unpaired) electrons. The Labute approximate surface area is 203 Å². The zero-order valence-electron chi connectivity index (χ0n) is 18.8. The molecule has 0 saturated carbocycles. The molecule has 1 N–H and O–H groups in total. The molecule has 3 rings (SSSR count). The molecule has 0 aliphatic heterocycles. The molecule has 0 aromatic heterocycles. The third kappa shape index (κ3) is 6.15. The van der Waals surface area contributed by atoms with Crippen LogP contribution < -0.4 is 14.4 Å². The second kappa shape index (κ2) is 10.9. The highest BCUT2D eigenvalue weighted by Gasteiger charge is 2.21. The first-order valence-electron chi connectivity index (χ1n) is 10.6. The van der Waals surface area contributed by atoms with Gasteiger partial charge in [-0.05, 0) is 82.4 Å². The average molecular weight is 531 g/mol. The standard InChI is InChI=1S/C25H27BrN2O4S/c1-4-18(2)19-10-15-24(23(26)16-19)32-17-25(29)27-20-11-13-22(14-12-20)33(30,31)28(3)21-8-6-5-7-9-21/h5-16,18H,4,17H2,1-3H3,(H,27,29). The zero-order valence-corrected chi connectivity index (χ0v) is 21.2. The third-order valence-electron chi connectivity index (χ3n) is 5.41. The first kappa shape index (κ1) is 24.8. The van der Waals surface area contributed by atoms with E-state index in [0.29, 0.717) is 23.0 Å². The van der Waals surface area contributed by atoms with E-state index in [4.69, 9.17) is 4.74 Å². The van der Waals surface area contributed by atoms with E-state index in [2.05, 4.69) is 35.1 Å². The number of carbonyl (C=O) groups excluding carboxylic acids is 1. The number of hydrogen-bond donors (Lipinski definition) is 1. The van der Waals surface area contributed by atoms with Gasteiger partial charge < -0.3 is 10.1 Å². The Kier molecular flexibility index (Phi) is 8.15. The van der Waals surface area contributed by atoms with Gasteiger partial charge in [0, 0.05) is 12.7 Å². The van der Waals surface area contributed by atoms with Crippen LogP contribution in [-0.2, 0) is 14.8 Å². The smallest absolute Gasteiger partial charge is 0.264 e. The first-order valence-corrected chi connectivity index (χ1v) is 12.8. The second-order valence-electron chi connectivity index (χ2n) is 7.67. The number of halogens is 1. The van der Waals surface area contributed by atoms with E-state index >= 15 is 0 Å². The molecular weight excluding hydrogens is 504 g/mol. The van der Waals surface area contributed by atoms with Crippen molar-refractivity contribution in [3.63, 3.8) is 0 Å². The number of hydrogen-bond acceptors (Lipinski definition) is 4. The molecular formula is C25H27BrN2O4S. The normalized spacial score (nSPS) is 12.1. The fourth-order valence-corrected chi connectivity index (χ4v) is 4.87. The minimum absolute atomic E-state index is 0.133. The Bertz CT molecular complexity index is 1200. The summed E-state index contributed by atoms with van der Waals surface area (Å²) in [5, 5.41) is 2.72. The number of sulfonamides is 1. The Morgan fingerprint density at radius 3 is 2.33 bits per heavy atom. The number of rotatable bonds is 9. The highest BCUT2D eigenvalue weighted by Crippen LogP contribution is 2.30. The van der Waals surface area contributed by atoms with Gasteiger partial charge in [0.25, 0.3) is 15.9 Å². The molecule has 6 nitrogen and oxygen atoms in total. The summed E-state index contributed by atoms with van der Waals surface area (Å²) in [6, 6.07) is 20.7. The molecule has 1 amide bonds. The number of ether oxygens (including phenoxy) is 1. The monoisotopic (exact) mass is 530 g/mol. The molecule has 1 unspecified atom stereocenters. The summed E-state index contributed by atoms with van der Waals surface area (Å²) in [5.41, 5.74) is 2.25. The third-order valence-corrected chi connectivity index (χ3v) is 7.83. The second-order valence-corrected chi connectivity index (χ2v) is 10.5. The SMILES string of the molecule is CCC(C)c1ccc(OCC(=O)Nc2ccc(S(=O)(=O)N(C)c3ccccc3)cc2)c(Br)c1. The average Bonchev–Trinajstić information content (AvgIpc) is 2.83. The molecule has 0 aliphatic carbocycles. The molecule has 33 heavy (non-hydrogen) atoms. The van der Waals surface area contributed by atoms with Crippen molar-refractivity contribution >= 4 is 43.2 Å². The van der Waals surface area contributed by atoms with E-state index < -0.39 is 10.0 Å². The van der Waals surface area contributed by atoms with Crippen LogP contribution in [0.25, 0.3) is 0 Å². The van der Waals surface area contributed by atoms with Crippen molar-refractivity contribution in [1.29, 1.82) is 0 Å². The van der Waals surface area contributed by atoms with E-state index in [0.717, 1.165) is 10.9 Å². The summed E-state index contributed by atoms with van der Waals surface area (Å²) in [6.45, 7) is 4.13. The largest absolute Gasteiger partial charge is 0.483 e. The Balaban J connectivity index is 1.60. The zero-order chi connectivity index (χ0) is 24.0. The van der Waals surface area contributed by atoms with Crippen LogP contribution in [0, 0.1) is 0 Å². The van der Waals surface area contributed by atoms with E-state index in [1.807, 2.05) is 24.3 Å². The van der Waals surface area contributed by atoms with Gasteiger partial charge in [-0.15, -0.1) is 0 Å². The van der Waals surface area contributed by atoms with Crippen molar-refractivity contribution in [1.82, 2.24) is 0 Å². The Hall–Kier alpha value is -2.84. The predicted octanol–water partition coefficient (Wildman–Crippen LogP) is 5.81. The first-order chi connectivity index (χ1) is 15.7. The van der Waals surface area contributed by atoms with Crippen LogP contribution in [0.3, 0.4) is 0 Å². The van der Waals surface area contributed by atoms with Crippen molar-refractivity contribution in [3.05, 3.63) is 82.8 Å². The molecule has 0 heterocycles. The van der Waals surface area contributed by atoms with Crippen LogP contribution in [0.2, 0.25) is 0 Å². The number of benzene rings is 3. The van der Waals surface area contributed by atoms with E-state index in [-0.39, 0.29) is 17.4 Å². The van der Waals surface area contributed by atoms with E-state index in [9.17, 15) is 13.2 Å². The molecule has 0 spiro atoms. The maximum atomic E-state index is 12.9. The van der Waals surface area contributed by atoms with Crippen molar-refractivity contribution in [3.8, 4) is 5.75 Å². The van der Waals surface area contributed by atoms with Crippen LogP contribution in [-0.4, -0.2) is 28.0 Å². The summed E-state index contributed by atoms with van der Waals surface area (Å²) in [6.07, 6.45) is 1.04.